The lowest BCUT2D eigenvalue weighted by Crippen LogP contribution is -2.06. The molecule has 0 spiro atoms. The highest BCUT2D eigenvalue weighted by atomic mass is 16.3. The molecule has 0 aromatic heterocycles. The van der Waals surface area contributed by atoms with Crippen molar-refractivity contribution in [1.82, 2.24) is 0 Å². The molecule has 0 radical (unpaired) electrons. The van der Waals surface area contributed by atoms with Crippen LogP contribution >= 0.6 is 0 Å². The Balaban J connectivity index is 0.000000461. The van der Waals surface area contributed by atoms with E-state index < -0.39 is 0 Å². The molecule has 1 aliphatic carbocycles. The molecular weight excluding hydrogens is 172 g/mol. The summed E-state index contributed by atoms with van der Waals surface area (Å²) >= 11 is 0. The second-order valence-electron chi connectivity index (χ2n) is 3.64. The molecular formula is C13H20O. The van der Waals surface area contributed by atoms with E-state index in [1.54, 1.807) is 6.07 Å². The molecule has 0 saturated carbocycles. The summed E-state index contributed by atoms with van der Waals surface area (Å²) in [6, 6.07) is 5.86. The summed E-state index contributed by atoms with van der Waals surface area (Å²) in [5.74, 6) is 1.02. The number of aromatic hydroxyl groups is 1. The van der Waals surface area contributed by atoms with Crippen molar-refractivity contribution in [3.8, 4) is 5.75 Å². The van der Waals surface area contributed by atoms with Crippen molar-refractivity contribution in [2.45, 2.75) is 46.0 Å². The Morgan fingerprint density at radius 1 is 1.29 bits per heavy atom. The molecule has 1 aromatic carbocycles. The van der Waals surface area contributed by atoms with Gasteiger partial charge in [0.15, 0.2) is 0 Å². The molecule has 0 amide bonds. The van der Waals surface area contributed by atoms with E-state index in [0.29, 0.717) is 11.7 Å². The Labute approximate surface area is 86.8 Å². The SMILES string of the molecule is CC.CC1CCCc2cccc(O)c21. The van der Waals surface area contributed by atoms with Crippen LogP contribution in [0.3, 0.4) is 0 Å². The summed E-state index contributed by atoms with van der Waals surface area (Å²) in [7, 11) is 0. The molecule has 1 atom stereocenters. The first-order chi connectivity index (χ1) is 6.79. The lowest BCUT2D eigenvalue weighted by Gasteiger charge is -2.22. The third kappa shape index (κ3) is 2.09. The first kappa shape index (κ1) is 11.1. The van der Waals surface area contributed by atoms with Gasteiger partial charge in [0.2, 0.25) is 0 Å². The van der Waals surface area contributed by atoms with E-state index in [4.69, 9.17) is 0 Å². The summed E-state index contributed by atoms with van der Waals surface area (Å²) in [5.41, 5.74) is 2.53. The Kier molecular flexibility index (Phi) is 3.99. The van der Waals surface area contributed by atoms with Gasteiger partial charge < -0.3 is 5.11 Å². The predicted octanol–water partition coefficient (Wildman–Crippen LogP) is 3.86. The van der Waals surface area contributed by atoms with E-state index in [1.165, 1.54) is 24.0 Å². The molecule has 0 aliphatic heterocycles. The van der Waals surface area contributed by atoms with Crippen LogP contribution in [-0.4, -0.2) is 5.11 Å². The van der Waals surface area contributed by atoms with Crippen LogP contribution in [0.25, 0.3) is 0 Å². The maximum absolute atomic E-state index is 9.63. The molecule has 1 heteroatoms. The zero-order valence-corrected chi connectivity index (χ0v) is 9.38. The number of fused-ring (bicyclic) bond motifs is 1. The van der Waals surface area contributed by atoms with Crippen LogP contribution in [0.2, 0.25) is 0 Å². The van der Waals surface area contributed by atoms with Gasteiger partial charge >= 0.3 is 0 Å². The van der Waals surface area contributed by atoms with Crippen LogP contribution in [0, 0.1) is 0 Å². The van der Waals surface area contributed by atoms with Crippen molar-refractivity contribution in [1.29, 1.82) is 0 Å². The zero-order chi connectivity index (χ0) is 10.6. The summed E-state index contributed by atoms with van der Waals surface area (Å²) in [6.07, 6.45) is 3.61. The van der Waals surface area contributed by atoms with Gasteiger partial charge in [0, 0.05) is 0 Å². The number of phenolic OH excluding ortho intramolecular Hbond substituents is 1. The normalized spacial score (nSPS) is 19.2. The minimum Gasteiger partial charge on any atom is -0.508 e. The zero-order valence-electron chi connectivity index (χ0n) is 9.38. The van der Waals surface area contributed by atoms with Crippen LogP contribution in [-0.2, 0) is 6.42 Å². The van der Waals surface area contributed by atoms with Crippen LogP contribution in [0.5, 0.6) is 5.75 Å². The van der Waals surface area contributed by atoms with Crippen LogP contribution in [0.1, 0.15) is 50.7 Å². The van der Waals surface area contributed by atoms with Crippen LogP contribution in [0.4, 0.5) is 0 Å². The topological polar surface area (TPSA) is 20.2 Å². The Morgan fingerprint density at radius 2 is 2.00 bits per heavy atom. The summed E-state index contributed by atoms with van der Waals surface area (Å²) < 4.78 is 0. The van der Waals surface area contributed by atoms with Gasteiger partial charge in [0.1, 0.15) is 5.75 Å². The van der Waals surface area contributed by atoms with Gasteiger partial charge in [-0.15, -0.1) is 0 Å². The Morgan fingerprint density at radius 3 is 2.64 bits per heavy atom. The van der Waals surface area contributed by atoms with Crippen molar-refractivity contribution in [3.63, 3.8) is 0 Å². The molecule has 2 rings (SSSR count). The highest BCUT2D eigenvalue weighted by Crippen LogP contribution is 2.36. The molecule has 1 N–H and O–H groups in total. The third-order valence-electron chi connectivity index (χ3n) is 2.75. The molecule has 1 aliphatic rings. The van der Waals surface area contributed by atoms with E-state index in [0.717, 1.165) is 6.42 Å². The number of aryl methyl sites for hydroxylation is 1. The fraction of sp³-hybridized carbons (Fsp3) is 0.538. The molecule has 0 bridgehead atoms. The van der Waals surface area contributed by atoms with Gasteiger partial charge in [0.25, 0.3) is 0 Å². The first-order valence-corrected chi connectivity index (χ1v) is 5.60. The molecule has 1 aromatic rings. The highest BCUT2D eigenvalue weighted by molar-refractivity contribution is 5.42. The molecule has 0 fully saturated rings. The second kappa shape index (κ2) is 5.04. The van der Waals surface area contributed by atoms with Gasteiger partial charge in [-0.05, 0) is 42.4 Å². The lowest BCUT2D eigenvalue weighted by molar-refractivity contribution is 0.451. The van der Waals surface area contributed by atoms with Crippen molar-refractivity contribution >= 4 is 0 Å². The van der Waals surface area contributed by atoms with Gasteiger partial charge in [-0.1, -0.05) is 32.9 Å². The number of phenols is 1. The molecule has 0 saturated heterocycles. The molecule has 78 valence electrons. The van der Waals surface area contributed by atoms with E-state index in [1.807, 2.05) is 19.9 Å². The Hall–Kier alpha value is -0.980. The van der Waals surface area contributed by atoms with Gasteiger partial charge in [-0.3, -0.25) is 0 Å². The number of hydrogen-bond donors (Lipinski definition) is 1. The highest BCUT2D eigenvalue weighted by Gasteiger charge is 2.18. The van der Waals surface area contributed by atoms with Crippen molar-refractivity contribution in [2.24, 2.45) is 0 Å². The smallest absolute Gasteiger partial charge is 0.119 e. The Bertz CT molecular complexity index is 291. The number of hydrogen-bond acceptors (Lipinski definition) is 1. The summed E-state index contributed by atoms with van der Waals surface area (Å²) in [6.45, 7) is 6.19. The fourth-order valence-electron chi connectivity index (χ4n) is 2.13. The molecule has 1 unspecified atom stereocenters. The summed E-state index contributed by atoms with van der Waals surface area (Å²) in [4.78, 5) is 0. The average Bonchev–Trinajstić information content (AvgIpc) is 2.21. The van der Waals surface area contributed by atoms with Gasteiger partial charge in [-0.2, -0.15) is 0 Å². The van der Waals surface area contributed by atoms with Crippen molar-refractivity contribution in [2.75, 3.05) is 0 Å². The largest absolute Gasteiger partial charge is 0.508 e. The summed E-state index contributed by atoms with van der Waals surface area (Å²) in [5, 5.41) is 9.63. The van der Waals surface area contributed by atoms with Crippen molar-refractivity contribution in [3.05, 3.63) is 29.3 Å². The number of rotatable bonds is 0. The van der Waals surface area contributed by atoms with E-state index in [-0.39, 0.29) is 0 Å². The fourth-order valence-corrected chi connectivity index (χ4v) is 2.13. The van der Waals surface area contributed by atoms with Gasteiger partial charge in [-0.25, -0.2) is 0 Å². The lowest BCUT2D eigenvalue weighted by atomic mass is 9.83. The second-order valence-corrected chi connectivity index (χ2v) is 3.64. The minimum absolute atomic E-state index is 0.486. The maximum atomic E-state index is 9.63. The first-order valence-electron chi connectivity index (χ1n) is 5.60. The quantitative estimate of drug-likeness (QED) is 0.661. The van der Waals surface area contributed by atoms with Crippen LogP contribution < -0.4 is 0 Å². The average molecular weight is 192 g/mol. The van der Waals surface area contributed by atoms with Crippen LogP contribution in [0.15, 0.2) is 18.2 Å². The minimum atomic E-state index is 0.486. The number of benzene rings is 1. The van der Waals surface area contributed by atoms with Crippen molar-refractivity contribution < 1.29 is 5.11 Å². The third-order valence-corrected chi connectivity index (χ3v) is 2.75. The molecule has 14 heavy (non-hydrogen) atoms. The molecule has 1 nitrogen and oxygen atoms in total. The predicted molar refractivity (Wildman–Crippen MR) is 60.8 cm³/mol. The van der Waals surface area contributed by atoms with E-state index in [9.17, 15) is 5.11 Å². The molecule has 0 heterocycles. The standard InChI is InChI=1S/C11H14O.C2H6/c1-8-4-2-5-9-6-3-7-10(12)11(8)9;1-2/h3,6-8,12H,2,4-5H2,1H3;1-2H3. The van der Waals surface area contributed by atoms with E-state index in [2.05, 4.69) is 13.0 Å². The maximum Gasteiger partial charge on any atom is 0.119 e. The van der Waals surface area contributed by atoms with Gasteiger partial charge in [0.05, 0.1) is 0 Å². The van der Waals surface area contributed by atoms with E-state index >= 15 is 0 Å². The monoisotopic (exact) mass is 192 g/mol.